The summed E-state index contributed by atoms with van der Waals surface area (Å²) in [6.07, 6.45) is 5.36. The first-order valence-corrected chi connectivity index (χ1v) is 15.8. The molecule has 0 nitrogen and oxygen atoms in total. The summed E-state index contributed by atoms with van der Waals surface area (Å²) < 4.78 is 90.2. The van der Waals surface area contributed by atoms with E-state index in [4.69, 9.17) is 6.42 Å². The molecule has 0 N–H and O–H groups in total. The van der Waals surface area contributed by atoms with Gasteiger partial charge in [-0.25, -0.2) is 0 Å². The van der Waals surface area contributed by atoms with Crippen molar-refractivity contribution < 1.29 is 26.3 Å². The first kappa shape index (κ1) is 29.6. The van der Waals surface area contributed by atoms with Crippen LogP contribution in [0.3, 0.4) is 0 Å². The molecule has 200 valence electrons. The molecule has 0 radical (unpaired) electrons. The maximum Gasteiger partial charge on any atom is 0.380 e. The maximum absolute atomic E-state index is 15.3. The summed E-state index contributed by atoms with van der Waals surface area (Å²) in [5, 5.41) is 0. The zero-order chi connectivity index (χ0) is 28.3. The first-order valence-electron chi connectivity index (χ1n) is 12.0. The molecule has 0 unspecified atom stereocenters. The SMILES string of the molecule is C#Cc1cc(C2=C(c3cc(C#C[Si](C(C)C)(C(C)C)C(C)C)sc3C)C(F)(F)C(F)(F)C2(F)F)c(C)s1. The van der Waals surface area contributed by atoms with Gasteiger partial charge in [0.05, 0.1) is 9.75 Å². The lowest BCUT2D eigenvalue weighted by Crippen LogP contribution is -2.48. The zero-order valence-corrected chi connectivity index (χ0v) is 24.7. The summed E-state index contributed by atoms with van der Waals surface area (Å²) in [7, 11) is -2.17. The predicted molar refractivity (Wildman–Crippen MR) is 146 cm³/mol. The molecule has 0 spiro atoms. The Kier molecular flexibility index (Phi) is 7.73. The van der Waals surface area contributed by atoms with E-state index in [0.29, 0.717) is 21.5 Å². The van der Waals surface area contributed by atoms with Crippen LogP contribution in [0.4, 0.5) is 26.3 Å². The molecule has 37 heavy (non-hydrogen) atoms. The van der Waals surface area contributed by atoms with E-state index in [1.807, 2.05) is 0 Å². The molecule has 0 aliphatic heterocycles. The minimum Gasteiger partial charge on any atom is -0.194 e. The molecule has 0 saturated carbocycles. The largest absolute Gasteiger partial charge is 0.380 e. The standard InChI is InChI=1S/C28H30F6S2Si/c1-10-20-13-22(18(8)35-20)24-25(27(31,32)28(33,34)26(24,29)30)23-14-21(36-19(23)9)11-12-37(15(2)3,16(4)5)17(6)7/h1,13-17H,2-9H3. The number of hydrogen-bond donors (Lipinski definition) is 0. The van der Waals surface area contributed by atoms with Crippen LogP contribution in [0.25, 0.3) is 11.1 Å². The van der Waals surface area contributed by atoms with Crippen LogP contribution in [0.5, 0.6) is 0 Å². The van der Waals surface area contributed by atoms with Gasteiger partial charge < -0.3 is 0 Å². The van der Waals surface area contributed by atoms with Crippen LogP contribution in [0.15, 0.2) is 12.1 Å². The Morgan fingerprint density at radius 3 is 1.46 bits per heavy atom. The zero-order valence-electron chi connectivity index (χ0n) is 22.0. The van der Waals surface area contributed by atoms with Gasteiger partial charge in [-0.15, -0.1) is 34.6 Å². The van der Waals surface area contributed by atoms with Gasteiger partial charge in [0.1, 0.15) is 8.07 Å². The van der Waals surface area contributed by atoms with Crippen LogP contribution in [0.1, 0.15) is 72.2 Å². The summed E-state index contributed by atoms with van der Waals surface area (Å²) in [4.78, 5) is 0.975. The van der Waals surface area contributed by atoms with Crippen LogP contribution < -0.4 is 0 Å². The van der Waals surface area contributed by atoms with Crippen molar-refractivity contribution in [1.82, 2.24) is 0 Å². The highest BCUT2D eigenvalue weighted by molar-refractivity contribution is 7.13. The molecule has 2 aromatic heterocycles. The number of alkyl halides is 6. The number of rotatable bonds is 5. The fraction of sp³-hybridized carbons (Fsp3) is 0.500. The van der Waals surface area contributed by atoms with Crippen LogP contribution in [-0.4, -0.2) is 25.8 Å². The lowest BCUT2D eigenvalue weighted by atomic mass is 9.95. The highest BCUT2D eigenvalue weighted by Crippen LogP contribution is 2.65. The Bertz CT molecular complexity index is 1320. The Labute approximate surface area is 224 Å². The van der Waals surface area contributed by atoms with Crippen molar-refractivity contribution >= 4 is 41.9 Å². The van der Waals surface area contributed by atoms with Gasteiger partial charge in [-0.2, -0.15) is 26.3 Å². The van der Waals surface area contributed by atoms with Crippen molar-refractivity contribution in [3.05, 3.63) is 42.8 Å². The molecule has 2 heterocycles. The van der Waals surface area contributed by atoms with Crippen molar-refractivity contribution in [1.29, 1.82) is 0 Å². The molecule has 0 bridgehead atoms. The number of hydrogen-bond acceptors (Lipinski definition) is 2. The summed E-state index contributed by atoms with van der Waals surface area (Å²) in [5.41, 5.74) is 1.00. The summed E-state index contributed by atoms with van der Waals surface area (Å²) >= 11 is 1.97. The van der Waals surface area contributed by atoms with Crippen molar-refractivity contribution in [3.63, 3.8) is 0 Å². The molecule has 0 atom stereocenters. The van der Waals surface area contributed by atoms with E-state index in [1.54, 1.807) is 0 Å². The molecular weight excluding hydrogens is 543 g/mol. The first-order chi connectivity index (χ1) is 16.9. The van der Waals surface area contributed by atoms with E-state index < -0.39 is 37.0 Å². The molecule has 0 amide bonds. The van der Waals surface area contributed by atoms with E-state index in [1.165, 1.54) is 19.9 Å². The van der Waals surface area contributed by atoms with Crippen LogP contribution in [0.2, 0.25) is 16.6 Å². The molecule has 0 saturated heterocycles. The smallest absolute Gasteiger partial charge is 0.194 e. The maximum atomic E-state index is 15.3. The van der Waals surface area contributed by atoms with Crippen LogP contribution in [-0.2, 0) is 0 Å². The predicted octanol–water partition coefficient (Wildman–Crippen LogP) is 9.81. The molecule has 1 aliphatic rings. The van der Waals surface area contributed by atoms with E-state index in [-0.39, 0.29) is 25.8 Å². The van der Waals surface area contributed by atoms with Gasteiger partial charge in [0, 0.05) is 20.9 Å². The van der Waals surface area contributed by atoms with E-state index in [0.717, 1.165) is 28.7 Å². The highest BCUT2D eigenvalue weighted by atomic mass is 32.1. The third-order valence-electron chi connectivity index (χ3n) is 7.45. The van der Waals surface area contributed by atoms with Crippen molar-refractivity contribution in [2.45, 2.75) is 89.8 Å². The summed E-state index contributed by atoms with van der Waals surface area (Å²) in [5.74, 6) is -10.4. The molecule has 2 aromatic rings. The minimum absolute atomic E-state index is 0.170. The number of thiophene rings is 2. The second kappa shape index (κ2) is 9.66. The molecule has 1 aliphatic carbocycles. The normalized spacial score (nSPS) is 18.5. The van der Waals surface area contributed by atoms with Gasteiger partial charge in [0.25, 0.3) is 0 Å². The van der Waals surface area contributed by atoms with Crippen molar-refractivity contribution in [2.24, 2.45) is 0 Å². The summed E-state index contributed by atoms with van der Waals surface area (Å²) in [6, 6.07) is 2.37. The van der Waals surface area contributed by atoms with Gasteiger partial charge in [0.15, 0.2) is 0 Å². The number of terminal acetylenes is 1. The molecule has 9 heteroatoms. The molecule has 0 fully saturated rings. The lowest BCUT2D eigenvalue weighted by Gasteiger charge is -2.38. The molecule has 0 aromatic carbocycles. The van der Waals surface area contributed by atoms with Crippen LogP contribution >= 0.6 is 22.7 Å². The monoisotopic (exact) mass is 572 g/mol. The Balaban J connectivity index is 2.32. The van der Waals surface area contributed by atoms with Crippen molar-refractivity contribution in [2.75, 3.05) is 0 Å². The third kappa shape index (κ3) is 4.32. The fourth-order valence-corrected chi connectivity index (χ4v) is 12.7. The van der Waals surface area contributed by atoms with E-state index >= 15 is 17.6 Å². The molecule has 3 rings (SSSR count). The third-order valence-corrected chi connectivity index (χ3v) is 15.7. The topological polar surface area (TPSA) is 0 Å². The van der Waals surface area contributed by atoms with Gasteiger partial charge in [0.2, 0.25) is 0 Å². The van der Waals surface area contributed by atoms with Crippen molar-refractivity contribution in [3.8, 4) is 23.8 Å². The Morgan fingerprint density at radius 1 is 0.730 bits per heavy atom. The lowest BCUT2D eigenvalue weighted by molar-refractivity contribution is -0.254. The quantitative estimate of drug-likeness (QED) is 0.190. The second-order valence-electron chi connectivity index (χ2n) is 10.4. The van der Waals surface area contributed by atoms with E-state index in [9.17, 15) is 8.78 Å². The molecular formula is C28H30F6S2Si. The number of allylic oxidation sites excluding steroid dienone is 2. The van der Waals surface area contributed by atoms with Gasteiger partial charge in [-0.3, -0.25) is 0 Å². The Morgan fingerprint density at radius 2 is 1.11 bits per heavy atom. The fourth-order valence-electron chi connectivity index (χ4n) is 5.63. The van der Waals surface area contributed by atoms with Gasteiger partial charge in [-0.05, 0) is 53.7 Å². The highest BCUT2D eigenvalue weighted by Gasteiger charge is 2.80. The Hall–Kier alpha value is -1.94. The average Bonchev–Trinajstić information content (AvgIpc) is 3.34. The van der Waals surface area contributed by atoms with Gasteiger partial charge in [-0.1, -0.05) is 53.4 Å². The van der Waals surface area contributed by atoms with Crippen LogP contribution in [0, 0.1) is 37.7 Å². The van der Waals surface area contributed by atoms with E-state index in [2.05, 4.69) is 58.9 Å². The number of halogens is 6. The van der Waals surface area contributed by atoms with Gasteiger partial charge >= 0.3 is 17.8 Å². The second-order valence-corrected chi connectivity index (χ2v) is 18.5. The number of aryl methyl sites for hydroxylation is 2. The minimum atomic E-state index is -5.61. The summed E-state index contributed by atoms with van der Waals surface area (Å²) in [6.45, 7) is 15.6. The average molecular weight is 573 g/mol.